The quantitative estimate of drug-likeness (QED) is 0.689. The van der Waals surface area contributed by atoms with Crippen LogP contribution in [-0.4, -0.2) is 69.4 Å². The summed E-state index contributed by atoms with van der Waals surface area (Å²) in [4.78, 5) is 21.7. The molecule has 3 aromatic rings. The van der Waals surface area contributed by atoms with Gasteiger partial charge in [-0.1, -0.05) is 0 Å². The van der Waals surface area contributed by atoms with E-state index < -0.39 is 0 Å². The van der Waals surface area contributed by atoms with Crippen molar-refractivity contribution < 1.29 is 9.53 Å². The van der Waals surface area contributed by atoms with Crippen molar-refractivity contribution in [1.82, 2.24) is 24.1 Å². The molecule has 0 aromatic carbocycles. The topological polar surface area (TPSA) is 67.9 Å². The summed E-state index contributed by atoms with van der Waals surface area (Å²) >= 11 is 0. The molecule has 1 atom stereocenters. The van der Waals surface area contributed by atoms with Gasteiger partial charge < -0.3 is 19.1 Å². The van der Waals surface area contributed by atoms with Crippen LogP contribution in [0.1, 0.15) is 28.7 Å². The molecular formula is C20H24N6O2. The number of amides is 1. The monoisotopic (exact) mass is 380 g/mol. The van der Waals surface area contributed by atoms with Crippen molar-refractivity contribution in [1.29, 1.82) is 0 Å². The summed E-state index contributed by atoms with van der Waals surface area (Å²) in [5.74, 6) is 1.07. The van der Waals surface area contributed by atoms with E-state index in [0.29, 0.717) is 6.54 Å². The molecule has 3 aromatic heterocycles. The molecule has 2 aliphatic heterocycles. The fourth-order valence-corrected chi connectivity index (χ4v) is 4.07. The Morgan fingerprint density at radius 3 is 2.82 bits per heavy atom. The van der Waals surface area contributed by atoms with Crippen molar-refractivity contribution in [2.24, 2.45) is 7.05 Å². The lowest BCUT2D eigenvalue weighted by molar-refractivity contribution is 0.0781. The van der Waals surface area contributed by atoms with Gasteiger partial charge in [-0.25, -0.2) is 9.50 Å². The van der Waals surface area contributed by atoms with Gasteiger partial charge >= 0.3 is 0 Å². The van der Waals surface area contributed by atoms with Crippen LogP contribution in [0.5, 0.6) is 0 Å². The minimum atomic E-state index is 0.0772. The number of likely N-dealkylation sites (tertiary alicyclic amines) is 1. The summed E-state index contributed by atoms with van der Waals surface area (Å²) in [7, 11) is 1.90. The molecule has 0 spiro atoms. The first kappa shape index (κ1) is 17.2. The molecule has 2 aliphatic rings. The van der Waals surface area contributed by atoms with E-state index in [2.05, 4.69) is 11.0 Å². The second kappa shape index (κ2) is 6.94. The number of pyridine rings is 1. The van der Waals surface area contributed by atoms with Crippen molar-refractivity contribution in [3.63, 3.8) is 0 Å². The summed E-state index contributed by atoms with van der Waals surface area (Å²) in [5.41, 5.74) is 2.71. The highest BCUT2D eigenvalue weighted by Gasteiger charge is 2.31. The van der Waals surface area contributed by atoms with E-state index in [1.807, 2.05) is 51.6 Å². The number of hydrogen-bond donors (Lipinski definition) is 0. The molecule has 5 rings (SSSR count). The molecule has 146 valence electrons. The van der Waals surface area contributed by atoms with Gasteiger partial charge in [-0.3, -0.25) is 4.79 Å². The minimum absolute atomic E-state index is 0.0772. The number of fused-ring (bicyclic) bond motifs is 1. The maximum Gasteiger partial charge on any atom is 0.270 e. The van der Waals surface area contributed by atoms with Crippen LogP contribution in [0.3, 0.4) is 0 Å². The fraction of sp³-hybridized carbons (Fsp3) is 0.450. The predicted octanol–water partition coefficient (Wildman–Crippen LogP) is 1.53. The number of carbonyl (C=O) groups excluding carboxylic acids is 1. The molecular weight excluding hydrogens is 356 g/mol. The Morgan fingerprint density at radius 2 is 2.04 bits per heavy atom. The molecule has 0 saturated carbocycles. The Morgan fingerprint density at radius 1 is 1.18 bits per heavy atom. The average Bonchev–Trinajstić information content (AvgIpc) is 3.46. The Kier molecular flexibility index (Phi) is 4.27. The van der Waals surface area contributed by atoms with Gasteiger partial charge in [0.1, 0.15) is 5.69 Å². The van der Waals surface area contributed by atoms with Crippen LogP contribution in [0.15, 0.2) is 36.7 Å². The zero-order valence-electron chi connectivity index (χ0n) is 16.0. The van der Waals surface area contributed by atoms with Gasteiger partial charge in [0.25, 0.3) is 5.91 Å². The lowest BCUT2D eigenvalue weighted by atomic mass is 10.1. The number of rotatable bonds is 3. The number of aryl methyl sites for hydroxylation is 1. The second-order valence-corrected chi connectivity index (χ2v) is 7.50. The zero-order chi connectivity index (χ0) is 19.1. The van der Waals surface area contributed by atoms with Crippen molar-refractivity contribution in [3.8, 4) is 0 Å². The van der Waals surface area contributed by atoms with Crippen molar-refractivity contribution in [3.05, 3.63) is 48.2 Å². The number of carbonyl (C=O) groups is 1. The van der Waals surface area contributed by atoms with Gasteiger partial charge in [-0.2, -0.15) is 5.10 Å². The second-order valence-electron chi connectivity index (χ2n) is 7.50. The molecule has 0 radical (unpaired) electrons. The van der Waals surface area contributed by atoms with E-state index in [-0.39, 0.29) is 11.8 Å². The van der Waals surface area contributed by atoms with Crippen LogP contribution in [0.4, 0.5) is 5.69 Å². The van der Waals surface area contributed by atoms with Gasteiger partial charge in [0.2, 0.25) is 0 Å². The van der Waals surface area contributed by atoms with Crippen LogP contribution >= 0.6 is 0 Å². The molecule has 0 unspecified atom stereocenters. The smallest absolute Gasteiger partial charge is 0.270 e. The zero-order valence-corrected chi connectivity index (χ0v) is 16.0. The van der Waals surface area contributed by atoms with Gasteiger partial charge in [-0.15, -0.1) is 0 Å². The van der Waals surface area contributed by atoms with Crippen molar-refractivity contribution in [2.45, 2.75) is 12.3 Å². The predicted molar refractivity (Wildman–Crippen MR) is 105 cm³/mol. The minimum Gasteiger partial charge on any atom is -0.378 e. The molecule has 2 fully saturated rings. The first-order valence-corrected chi connectivity index (χ1v) is 9.79. The first-order valence-electron chi connectivity index (χ1n) is 9.79. The Labute approximate surface area is 163 Å². The summed E-state index contributed by atoms with van der Waals surface area (Å²) in [6.45, 7) is 4.71. The van der Waals surface area contributed by atoms with Crippen LogP contribution in [0.25, 0.3) is 5.65 Å². The van der Waals surface area contributed by atoms with Crippen LogP contribution < -0.4 is 4.90 Å². The average molecular weight is 380 g/mol. The normalized spacial score (nSPS) is 20.2. The van der Waals surface area contributed by atoms with Crippen LogP contribution in [0.2, 0.25) is 0 Å². The number of ether oxygens (including phenoxy) is 1. The fourth-order valence-electron chi connectivity index (χ4n) is 4.07. The molecule has 8 nitrogen and oxygen atoms in total. The molecule has 0 aliphatic carbocycles. The van der Waals surface area contributed by atoms with E-state index in [0.717, 1.165) is 62.1 Å². The molecule has 2 saturated heterocycles. The highest BCUT2D eigenvalue weighted by molar-refractivity contribution is 5.93. The van der Waals surface area contributed by atoms with Crippen LogP contribution in [0, 0.1) is 0 Å². The number of morpholine rings is 1. The van der Waals surface area contributed by atoms with Gasteiger partial charge in [0.05, 0.1) is 25.1 Å². The maximum absolute atomic E-state index is 12.7. The van der Waals surface area contributed by atoms with Gasteiger partial charge in [0, 0.05) is 45.3 Å². The molecule has 0 bridgehead atoms. The van der Waals surface area contributed by atoms with Crippen LogP contribution in [-0.2, 0) is 11.8 Å². The Bertz CT molecular complexity index is 1000. The number of aromatic nitrogens is 4. The third-order valence-corrected chi connectivity index (χ3v) is 5.71. The lowest BCUT2D eigenvalue weighted by Crippen LogP contribution is -2.36. The maximum atomic E-state index is 12.7. The molecule has 0 N–H and O–H groups in total. The lowest BCUT2D eigenvalue weighted by Gasteiger charge is -2.28. The van der Waals surface area contributed by atoms with Gasteiger partial charge in [0.15, 0.2) is 11.5 Å². The molecule has 1 amide bonds. The standard InChI is InChI=1S/C20H24N6O2/c1-23-7-2-3-17(23)20(27)25-8-6-15(13-25)19-21-18-5-4-16(14-26(18)22-19)24-9-11-28-12-10-24/h2-5,7,14-15H,6,8-13H2,1H3/t15-/m1/s1. The number of hydrogen-bond acceptors (Lipinski definition) is 5. The molecule has 8 heteroatoms. The van der Waals surface area contributed by atoms with Crippen molar-refractivity contribution >= 4 is 17.2 Å². The highest BCUT2D eigenvalue weighted by atomic mass is 16.5. The number of nitrogens with zero attached hydrogens (tertiary/aromatic N) is 6. The molecule has 5 heterocycles. The third kappa shape index (κ3) is 3.03. The van der Waals surface area contributed by atoms with E-state index in [1.54, 1.807) is 0 Å². The van der Waals surface area contributed by atoms with E-state index in [9.17, 15) is 4.79 Å². The summed E-state index contributed by atoms with van der Waals surface area (Å²) in [5, 5.41) is 4.73. The largest absolute Gasteiger partial charge is 0.378 e. The SMILES string of the molecule is Cn1cccc1C(=O)N1CC[C@@H](c2nc3ccc(N4CCOCC4)cn3n2)C1. The van der Waals surface area contributed by atoms with Gasteiger partial charge in [-0.05, 0) is 30.7 Å². The highest BCUT2D eigenvalue weighted by Crippen LogP contribution is 2.27. The van der Waals surface area contributed by atoms with E-state index in [1.165, 1.54) is 0 Å². The summed E-state index contributed by atoms with van der Waals surface area (Å²) < 4.78 is 9.16. The Hall–Kier alpha value is -2.87. The summed E-state index contributed by atoms with van der Waals surface area (Å²) in [6, 6.07) is 7.88. The first-order chi connectivity index (χ1) is 13.7. The van der Waals surface area contributed by atoms with E-state index in [4.69, 9.17) is 14.8 Å². The Balaban J connectivity index is 1.33. The third-order valence-electron chi connectivity index (χ3n) is 5.71. The molecule has 28 heavy (non-hydrogen) atoms. The number of anilines is 1. The van der Waals surface area contributed by atoms with Crippen molar-refractivity contribution in [2.75, 3.05) is 44.3 Å². The van der Waals surface area contributed by atoms with E-state index >= 15 is 0 Å². The summed E-state index contributed by atoms with van der Waals surface area (Å²) in [6.07, 6.45) is 4.83.